The molecule has 0 spiro atoms. The molecule has 94 valence electrons. The van der Waals surface area contributed by atoms with E-state index in [-0.39, 0.29) is 11.4 Å². The standard InChI is InChI=1S/C13H14N2O3/c16-9-5-6-10-11(13(17)18)14-12(15(10)7-9)8-3-1-2-4-8/h5-8,16H,1-4H2,(H,17,18). The number of carboxylic acid groups (broad SMARTS) is 1. The Kier molecular flexibility index (Phi) is 2.47. The van der Waals surface area contributed by atoms with Crippen molar-refractivity contribution in [2.24, 2.45) is 0 Å². The van der Waals surface area contributed by atoms with Gasteiger partial charge in [0.25, 0.3) is 0 Å². The summed E-state index contributed by atoms with van der Waals surface area (Å²) in [5.41, 5.74) is 0.610. The summed E-state index contributed by atoms with van der Waals surface area (Å²) in [5.74, 6) is 0.154. The molecule has 5 heteroatoms. The summed E-state index contributed by atoms with van der Waals surface area (Å²) in [6.07, 6.45) is 5.92. The summed E-state index contributed by atoms with van der Waals surface area (Å²) in [7, 11) is 0. The molecule has 3 rings (SSSR count). The third kappa shape index (κ3) is 1.63. The van der Waals surface area contributed by atoms with E-state index in [1.807, 2.05) is 0 Å². The molecule has 0 bridgehead atoms. The van der Waals surface area contributed by atoms with Gasteiger partial charge in [0, 0.05) is 5.92 Å². The van der Waals surface area contributed by atoms with E-state index in [9.17, 15) is 9.90 Å². The quantitative estimate of drug-likeness (QED) is 0.853. The molecule has 0 radical (unpaired) electrons. The molecule has 0 atom stereocenters. The van der Waals surface area contributed by atoms with E-state index in [0.29, 0.717) is 11.4 Å². The zero-order valence-electron chi connectivity index (χ0n) is 9.83. The Labute approximate surface area is 104 Å². The predicted octanol–water partition coefficient (Wildman–Crippen LogP) is 2.40. The van der Waals surface area contributed by atoms with Crippen LogP contribution in [0.4, 0.5) is 0 Å². The number of aromatic hydroxyl groups is 1. The van der Waals surface area contributed by atoms with Crippen molar-refractivity contribution in [1.29, 1.82) is 0 Å². The third-order valence-corrected chi connectivity index (χ3v) is 3.57. The van der Waals surface area contributed by atoms with Crippen LogP contribution in [0.3, 0.4) is 0 Å². The Morgan fingerprint density at radius 3 is 2.72 bits per heavy atom. The van der Waals surface area contributed by atoms with E-state index in [4.69, 9.17) is 5.11 Å². The number of rotatable bonds is 2. The minimum atomic E-state index is -1.03. The molecule has 0 amide bonds. The fraction of sp³-hybridized carbons (Fsp3) is 0.385. The summed E-state index contributed by atoms with van der Waals surface area (Å²) < 4.78 is 1.72. The van der Waals surface area contributed by atoms with Gasteiger partial charge in [0.1, 0.15) is 11.6 Å². The second-order valence-corrected chi connectivity index (χ2v) is 4.75. The van der Waals surface area contributed by atoms with Crippen LogP contribution in [0.25, 0.3) is 5.52 Å². The van der Waals surface area contributed by atoms with Crippen LogP contribution in [-0.4, -0.2) is 25.6 Å². The third-order valence-electron chi connectivity index (χ3n) is 3.57. The molecule has 2 N–H and O–H groups in total. The molecule has 2 aromatic heterocycles. The van der Waals surface area contributed by atoms with Gasteiger partial charge in [0.15, 0.2) is 5.69 Å². The number of hydrogen-bond acceptors (Lipinski definition) is 3. The van der Waals surface area contributed by atoms with Crippen molar-refractivity contribution < 1.29 is 15.0 Å². The van der Waals surface area contributed by atoms with Crippen molar-refractivity contribution in [2.45, 2.75) is 31.6 Å². The molecule has 2 heterocycles. The van der Waals surface area contributed by atoms with Crippen LogP contribution in [0.15, 0.2) is 18.3 Å². The Morgan fingerprint density at radius 2 is 2.06 bits per heavy atom. The molecule has 0 aliphatic heterocycles. The number of carboxylic acids is 1. The van der Waals surface area contributed by atoms with Gasteiger partial charge < -0.3 is 10.2 Å². The summed E-state index contributed by atoms with van der Waals surface area (Å²) in [4.78, 5) is 15.5. The van der Waals surface area contributed by atoms with Crippen molar-refractivity contribution >= 4 is 11.5 Å². The first-order valence-corrected chi connectivity index (χ1v) is 6.11. The number of nitrogens with zero attached hydrogens (tertiary/aromatic N) is 2. The van der Waals surface area contributed by atoms with Crippen molar-refractivity contribution in [1.82, 2.24) is 9.38 Å². The van der Waals surface area contributed by atoms with Gasteiger partial charge in [-0.3, -0.25) is 4.40 Å². The number of carbonyl (C=O) groups is 1. The molecule has 1 fully saturated rings. The molecule has 0 aromatic carbocycles. The average molecular weight is 246 g/mol. The number of pyridine rings is 1. The minimum absolute atomic E-state index is 0.0666. The zero-order valence-corrected chi connectivity index (χ0v) is 9.83. The van der Waals surface area contributed by atoms with Gasteiger partial charge >= 0.3 is 5.97 Å². The van der Waals surface area contributed by atoms with Crippen LogP contribution >= 0.6 is 0 Å². The maximum atomic E-state index is 11.2. The number of imidazole rings is 1. The summed E-state index contributed by atoms with van der Waals surface area (Å²) >= 11 is 0. The first kappa shape index (κ1) is 11.1. The molecular weight excluding hydrogens is 232 g/mol. The Balaban J connectivity index is 2.23. The van der Waals surface area contributed by atoms with Crippen molar-refractivity contribution in [2.75, 3.05) is 0 Å². The maximum absolute atomic E-state index is 11.2. The molecule has 0 saturated heterocycles. The fourth-order valence-electron chi connectivity index (χ4n) is 2.73. The van der Waals surface area contributed by atoms with Gasteiger partial charge in [-0.1, -0.05) is 12.8 Å². The molecule has 18 heavy (non-hydrogen) atoms. The lowest BCUT2D eigenvalue weighted by Gasteiger charge is -2.07. The number of aromatic nitrogens is 2. The molecule has 0 unspecified atom stereocenters. The van der Waals surface area contributed by atoms with Gasteiger partial charge in [-0.25, -0.2) is 9.78 Å². The summed E-state index contributed by atoms with van der Waals surface area (Å²) in [6.45, 7) is 0. The van der Waals surface area contributed by atoms with E-state index in [2.05, 4.69) is 4.98 Å². The van der Waals surface area contributed by atoms with Crippen LogP contribution in [0.1, 0.15) is 47.9 Å². The number of fused-ring (bicyclic) bond motifs is 1. The monoisotopic (exact) mass is 246 g/mol. The molecule has 1 saturated carbocycles. The highest BCUT2D eigenvalue weighted by molar-refractivity contribution is 5.93. The second kappa shape index (κ2) is 4.01. The van der Waals surface area contributed by atoms with E-state index in [1.165, 1.54) is 6.07 Å². The first-order chi connectivity index (χ1) is 8.66. The van der Waals surface area contributed by atoms with E-state index >= 15 is 0 Å². The molecule has 1 aliphatic rings. The topological polar surface area (TPSA) is 74.8 Å². The van der Waals surface area contributed by atoms with Gasteiger partial charge in [-0.2, -0.15) is 0 Å². The Bertz CT molecular complexity index is 612. The van der Waals surface area contributed by atoms with E-state index < -0.39 is 5.97 Å². The molecule has 2 aromatic rings. The zero-order chi connectivity index (χ0) is 12.7. The van der Waals surface area contributed by atoms with Crippen molar-refractivity contribution in [3.63, 3.8) is 0 Å². The summed E-state index contributed by atoms with van der Waals surface area (Å²) in [6, 6.07) is 3.09. The van der Waals surface area contributed by atoms with Gasteiger partial charge in [0.05, 0.1) is 11.7 Å². The molecule has 5 nitrogen and oxygen atoms in total. The van der Waals surface area contributed by atoms with Crippen LogP contribution in [0, 0.1) is 0 Å². The number of aromatic carboxylic acids is 1. The van der Waals surface area contributed by atoms with Crippen LogP contribution < -0.4 is 0 Å². The van der Waals surface area contributed by atoms with Crippen LogP contribution in [-0.2, 0) is 0 Å². The lowest BCUT2D eigenvalue weighted by Crippen LogP contribution is -2.00. The van der Waals surface area contributed by atoms with Gasteiger partial charge in [-0.05, 0) is 25.0 Å². The van der Waals surface area contributed by atoms with Gasteiger partial charge in [0.2, 0.25) is 0 Å². The Hall–Kier alpha value is -2.04. The maximum Gasteiger partial charge on any atom is 0.356 e. The summed E-state index contributed by atoms with van der Waals surface area (Å²) in [5, 5.41) is 18.7. The van der Waals surface area contributed by atoms with E-state index in [0.717, 1.165) is 31.5 Å². The SMILES string of the molecule is O=C(O)c1nc(C2CCCC2)n2cc(O)ccc12. The lowest BCUT2D eigenvalue weighted by atomic mass is 10.1. The van der Waals surface area contributed by atoms with Gasteiger partial charge in [-0.15, -0.1) is 0 Å². The first-order valence-electron chi connectivity index (χ1n) is 6.11. The van der Waals surface area contributed by atoms with Crippen molar-refractivity contribution in [3.8, 4) is 5.75 Å². The number of hydrogen-bond donors (Lipinski definition) is 2. The minimum Gasteiger partial charge on any atom is -0.506 e. The van der Waals surface area contributed by atoms with Crippen LogP contribution in [0.5, 0.6) is 5.75 Å². The highest BCUT2D eigenvalue weighted by atomic mass is 16.4. The normalized spacial score (nSPS) is 16.4. The van der Waals surface area contributed by atoms with Crippen molar-refractivity contribution in [3.05, 3.63) is 29.8 Å². The lowest BCUT2D eigenvalue weighted by molar-refractivity contribution is 0.0693. The fourth-order valence-corrected chi connectivity index (χ4v) is 2.73. The Morgan fingerprint density at radius 1 is 1.33 bits per heavy atom. The smallest absolute Gasteiger partial charge is 0.356 e. The van der Waals surface area contributed by atoms with E-state index in [1.54, 1.807) is 16.7 Å². The molecule has 1 aliphatic carbocycles. The highest BCUT2D eigenvalue weighted by Gasteiger charge is 2.25. The highest BCUT2D eigenvalue weighted by Crippen LogP contribution is 2.34. The average Bonchev–Trinajstić information content (AvgIpc) is 2.93. The molecular formula is C13H14N2O3. The predicted molar refractivity (Wildman–Crippen MR) is 65.0 cm³/mol. The largest absolute Gasteiger partial charge is 0.506 e. The second-order valence-electron chi connectivity index (χ2n) is 4.75. The van der Waals surface area contributed by atoms with Crippen LogP contribution in [0.2, 0.25) is 0 Å².